The molecule has 0 bridgehead atoms. The van der Waals surface area contributed by atoms with Crippen molar-refractivity contribution in [2.45, 2.75) is 98.4 Å². The first-order valence-electron chi connectivity index (χ1n) is 25.1. The third kappa shape index (κ3) is 15.8. The Hall–Kier alpha value is -7.24. The fourth-order valence-electron chi connectivity index (χ4n) is 9.61. The van der Waals surface area contributed by atoms with Crippen LogP contribution >= 0.6 is 23.5 Å². The normalized spacial score (nSPS) is 27.6. The van der Waals surface area contributed by atoms with Crippen LogP contribution in [0.15, 0.2) is 88.8 Å². The molecule has 1 amide bonds. The fourth-order valence-corrected chi connectivity index (χ4v) is 11.2. The van der Waals surface area contributed by atoms with E-state index in [1.807, 2.05) is 0 Å². The molecule has 0 radical (unpaired) electrons. The Morgan fingerprint density at radius 3 is 2.02 bits per heavy atom. The summed E-state index contributed by atoms with van der Waals surface area (Å²) in [5, 5.41) is 69.6. The summed E-state index contributed by atoms with van der Waals surface area (Å²) in [5.41, 5.74) is 52.7. The van der Waals surface area contributed by atoms with E-state index in [1.54, 1.807) is 24.3 Å². The van der Waals surface area contributed by atoms with Gasteiger partial charge in [0.05, 0.1) is 61.7 Å². The summed E-state index contributed by atoms with van der Waals surface area (Å²) >= 11 is 2.62. The van der Waals surface area contributed by atoms with Crippen molar-refractivity contribution in [1.82, 2.24) is 0 Å². The van der Waals surface area contributed by atoms with E-state index >= 15 is 0 Å². The molecule has 25 N–H and O–H groups in total. The SMILES string of the molecule is NC=NC1C(O)[C@@H](O[C@H]2C(N=C(N)N)C[C@H](N=C(N)N)C(OC3O[C@H](CN=C(N)N)C(O)C[C@H]3N=C(N)N)C2O)OC(CSCCOCCSCC(=O)Nc2ccc(-c3c4ccc(=O)cc-4oc4cc(O)ccc34)c(C(=O)O)c2)[C@H]1O. The number of ether oxygens (including phenoxy) is 5. The van der Waals surface area contributed by atoms with Gasteiger partial charge in [-0.25, -0.2) is 19.8 Å². The molecular weight excluding hydrogens is 1100 g/mol. The summed E-state index contributed by atoms with van der Waals surface area (Å²) in [6.45, 7) is 0.341. The van der Waals surface area contributed by atoms with Crippen molar-refractivity contribution in [1.29, 1.82) is 0 Å². The number of nitrogens with two attached hydrogens (primary N) is 9. The summed E-state index contributed by atoms with van der Waals surface area (Å²) in [6, 6.07) is 8.57. The number of aliphatic imine (C=N–C) groups is 5. The van der Waals surface area contributed by atoms with Crippen molar-refractivity contribution in [2.24, 2.45) is 76.6 Å². The van der Waals surface area contributed by atoms with Gasteiger partial charge < -0.3 is 116 Å². The lowest BCUT2D eigenvalue weighted by atomic mass is 9.83. The Bertz CT molecular complexity index is 3010. The van der Waals surface area contributed by atoms with E-state index in [1.165, 1.54) is 53.9 Å². The molecule has 2 aromatic carbocycles. The number of phenols is 1. The molecule has 14 atom stereocenters. The molecule has 440 valence electrons. The highest BCUT2D eigenvalue weighted by Crippen LogP contribution is 2.43. The molecular formula is C49H67N15O15S2. The number of phenolic OH excluding ortho intramolecular Hbond substituents is 1. The number of amides is 1. The minimum atomic E-state index is -1.73. The van der Waals surface area contributed by atoms with Gasteiger partial charge in [-0.3, -0.25) is 19.6 Å². The summed E-state index contributed by atoms with van der Waals surface area (Å²) in [4.78, 5) is 58.6. The molecule has 1 saturated carbocycles. The standard InChI is InChI=1S/C49H67N15O15S2/c50-19-60-37-38(69)34(77-45(39(37)70)79-42-28(63-48(55)56)14-27(62-47(53)54)41(40(42)71)78-44-29(64-49(57)58)15-30(67)33(76-44)16-59-46(51)52)17-80-9-7-74-8-10-81-18-35(68)61-20-1-4-23(26(11-20)43(72)73)36-24-5-2-21(65)12-31(24)75-32-13-22(66)3-6-25(32)36/h1-6,11-13,19,27-30,33-34,37-42,44-45,65,67,69-71H,7-10,14-18H2,(H2,50,60)(H,61,68)(H,72,73)(H4,51,52,59)(H4,53,54,62)(H4,55,56,63)(H4,57,58,64)/t27-,28?,29+,30?,33+,34?,37?,38+,39?,40?,41?,42-,44?,45+/m0/s1. The predicted octanol–water partition coefficient (Wildman–Crippen LogP) is -3.60. The number of hydrogen-bond donors (Lipinski definition) is 16. The second kappa shape index (κ2) is 28.0. The first kappa shape index (κ1) is 61.4. The number of carboxylic acids is 1. The van der Waals surface area contributed by atoms with Crippen LogP contribution < -0.4 is 62.3 Å². The van der Waals surface area contributed by atoms with Crippen LogP contribution in [0.1, 0.15) is 23.2 Å². The van der Waals surface area contributed by atoms with Crippen LogP contribution in [0.25, 0.3) is 33.4 Å². The maximum Gasteiger partial charge on any atom is 0.336 e. The highest BCUT2D eigenvalue weighted by atomic mass is 32.2. The van der Waals surface area contributed by atoms with Crippen LogP contribution in [0, 0.1) is 0 Å². The van der Waals surface area contributed by atoms with Crippen LogP contribution in [0.5, 0.6) is 5.75 Å². The van der Waals surface area contributed by atoms with Crippen LogP contribution in [0.4, 0.5) is 5.69 Å². The number of nitrogens with one attached hydrogen (secondary N) is 1. The quantitative estimate of drug-likeness (QED) is 0.0148. The number of rotatable bonds is 23. The number of aromatic carboxylic acids is 1. The van der Waals surface area contributed by atoms with Crippen molar-refractivity contribution >= 4 is 82.2 Å². The molecule has 2 aliphatic carbocycles. The minimum Gasteiger partial charge on any atom is -0.508 e. The average molecular weight is 1170 g/mol. The van der Waals surface area contributed by atoms with Crippen molar-refractivity contribution < 1.29 is 68.3 Å². The Labute approximate surface area is 470 Å². The van der Waals surface area contributed by atoms with Gasteiger partial charge in [-0.1, -0.05) is 6.07 Å². The molecule has 8 unspecified atom stereocenters. The number of guanidine groups is 4. The van der Waals surface area contributed by atoms with Gasteiger partial charge in [-0.05, 0) is 48.4 Å². The number of carbonyl (C=O) groups is 2. The first-order chi connectivity index (χ1) is 38.6. The molecule has 0 spiro atoms. The van der Waals surface area contributed by atoms with E-state index in [9.17, 15) is 45.0 Å². The zero-order valence-electron chi connectivity index (χ0n) is 43.3. The number of thioether (sulfide) groups is 2. The number of anilines is 1. The van der Waals surface area contributed by atoms with Crippen LogP contribution in [0.2, 0.25) is 0 Å². The molecule has 5 aliphatic rings. The van der Waals surface area contributed by atoms with Gasteiger partial charge in [-0.2, -0.15) is 11.8 Å². The zero-order valence-corrected chi connectivity index (χ0v) is 45.0. The second-order valence-corrected chi connectivity index (χ2v) is 21.1. The number of benzene rings is 3. The number of carboxylic acid groups (broad SMARTS) is 1. The summed E-state index contributed by atoms with van der Waals surface area (Å²) in [6.07, 6.45) is -13.1. The van der Waals surface area contributed by atoms with Crippen LogP contribution in [-0.4, -0.2) is 201 Å². The highest BCUT2D eigenvalue weighted by molar-refractivity contribution is 8.00. The summed E-state index contributed by atoms with van der Waals surface area (Å²) in [7, 11) is 0. The third-order valence-electron chi connectivity index (χ3n) is 13.1. The maximum atomic E-state index is 13.0. The molecule has 3 fully saturated rings. The van der Waals surface area contributed by atoms with Gasteiger partial charge in [0.2, 0.25) is 5.91 Å². The van der Waals surface area contributed by atoms with Crippen molar-refractivity contribution in [2.75, 3.05) is 48.1 Å². The highest BCUT2D eigenvalue weighted by Gasteiger charge is 2.53. The largest absolute Gasteiger partial charge is 0.508 e. The predicted molar refractivity (Wildman–Crippen MR) is 304 cm³/mol. The van der Waals surface area contributed by atoms with Gasteiger partial charge in [0, 0.05) is 58.0 Å². The smallest absolute Gasteiger partial charge is 0.336 e. The van der Waals surface area contributed by atoms with Gasteiger partial charge >= 0.3 is 5.97 Å². The Balaban J connectivity index is 0.934. The second-order valence-electron chi connectivity index (χ2n) is 18.9. The van der Waals surface area contributed by atoms with Crippen molar-refractivity contribution in [3.8, 4) is 28.2 Å². The number of carbonyl (C=O) groups excluding carboxylic acids is 1. The minimum absolute atomic E-state index is 0.0222. The van der Waals surface area contributed by atoms with Gasteiger partial charge in [0.1, 0.15) is 65.8 Å². The molecule has 2 aromatic rings. The molecule has 30 nitrogen and oxygen atoms in total. The lowest BCUT2D eigenvalue weighted by Gasteiger charge is -2.47. The Kier molecular flexibility index (Phi) is 21.2. The monoisotopic (exact) mass is 1170 g/mol. The number of fused-ring (bicyclic) bond motifs is 2. The molecule has 32 heteroatoms. The maximum absolute atomic E-state index is 13.0. The molecule has 2 saturated heterocycles. The van der Waals surface area contributed by atoms with E-state index in [4.69, 9.17) is 79.7 Å². The fraction of sp³-hybridized carbons (Fsp3) is 0.469. The van der Waals surface area contributed by atoms with Gasteiger partial charge in [0.15, 0.2) is 41.8 Å². The number of aliphatic hydroxyl groups is 4. The van der Waals surface area contributed by atoms with E-state index in [0.717, 1.165) is 6.34 Å². The van der Waals surface area contributed by atoms with Gasteiger partial charge in [0.25, 0.3) is 0 Å². The van der Waals surface area contributed by atoms with E-state index in [0.29, 0.717) is 33.6 Å². The van der Waals surface area contributed by atoms with E-state index < -0.39 is 97.5 Å². The number of nitrogens with zero attached hydrogens (tertiary/aromatic N) is 5. The Morgan fingerprint density at radius 2 is 1.37 bits per heavy atom. The molecule has 3 heterocycles. The third-order valence-corrected chi connectivity index (χ3v) is 15.0. The first-order valence-corrected chi connectivity index (χ1v) is 27.4. The number of aliphatic hydroxyl groups excluding tert-OH is 4. The van der Waals surface area contributed by atoms with Crippen molar-refractivity contribution in [3.63, 3.8) is 0 Å². The average Bonchev–Trinajstić information content (AvgIpc) is 3.47. The van der Waals surface area contributed by atoms with E-state index in [2.05, 4.69) is 30.3 Å². The number of aromatic hydroxyl groups is 1. The van der Waals surface area contributed by atoms with Crippen LogP contribution in [0.3, 0.4) is 0 Å². The lowest BCUT2D eigenvalue weighted by Crippen LogP contribution is -2.64. The summed E-state index contributed by atoms with van der Waals surface area (Å²) in [5.74, 6) is -1.95. The van der Waals surface area contributed by atoms with E-state index in [-0.39, 0.29) is 102 Å². The van der Waals surface area contributed by atoms with Crippen molar-refractivity contribution in [3.05, 3.63) is 70.4 Å². The zero-order chi connectivity index (χ0) is 58.7. The Morgan fingerprint density at radius 1 is 0.728 bits per heavy atom. The molecule has 81 heavy (non-hydrogen) atoms. The lowest BCUT2D eigenvalue weighted by molar-refractivity contribution is -0.309. The summed E-state index contributed by atoms with van der Waals surface area (Å²) < 4.78 is 36.6. The van der Waals surface area contributed by atoms with Crippen LogP contribution in [-0.2, 0) is 28.5 Å². The molecule has 7 rings (SSSR count). The number of hydrogen-bond acceptors (Lipinski definition) is 21. The topological polar surface area (TPSA) is 540 Å². The van der Waals surface area contributed by atoms with Gasteiger partial charge in [-0.15, -0.1) is 11.8 Å². The molecule has 0 aromatic heterocycles. The molecule has 3 aliphatic heterocycles.